The molecule has 1 N–H and O–H groups in total. The fourth-order valence-corrected chi connectivity index (χ4v) is 1.51. The predicted octanol–water partition coefficient (Wildman–Crippen LogP) is 3.71. The summed E-state index contributed by atoms with van der Waals surface area (Å²) in [6.45, 7) is 2.55. The standard InChI is InChI=1S/C14H15N3O2/c1-2-19-14-10-8-12(9-11-14)15-16-17(18)13-6-4-3-5-7-13/h3-11,15H,2H2,1H3. The molecule has 0 aliphatic carbocycles. The summed E-state index contributed by atoms with van der Waals surface area (Å²) in [5, 5.41) is 15.4. The predicted molar refractivity (Wildman–Crippen MR) is 73.4 cm³/mol. The maximum Gasteiger partial charge on any atom is 0.154 e. The van der Waals surface area contributed by atoms with Crippen molar-refractivity contribution < 1.29 is 9.60 Å². The van der Waals surface area contributed by atoms with Crippen molar-refractivity contribution in [2.24, 2.45) is 5.22 Å². The van der Waals surface area contributed by atoms with E-state index in [4.69, 9.17) is 4.74 Å². The zero-order chi connectivity index (χ0) is 13.5. The quantitative estimate of drug-likeness (QED) is 0.504. The van der Waals surface area contributed by atoms with Gasteiger partial charge < -0.3 is 9.94 Å². The van der Waals surface area contributed by atoms with Crippen LogP contribution >= 0.6 is 0 Å². The third kappa shape index (κ3) is 3.70. The summed E-state index contributed by atoms with van der Waals surface area (Å²) in [6.07, 6.45) is 0. The summed E-state index contributed by atoms with van der Waals surface area (Å²) in [5.41, 5.74) is 3.89. The largest absolute Gasteiger partial charge is 0.691 e. The molecule has 0 atom stereocenters. The van der Waals surface area contributed by atoms with Gasteiger partial charge in [0, 0.05) is 0 Å². The van der Waals surface area contributed by atoms with Crippen molar-refractivity contribution in [3.8, 4) is 5.75 Å². The lowest BCUT2D eigenvalue weighted by molar-refractivity contribution is -0.439. The number of nitrogens with zero attached hydrogens (tertiary/aromatic N) is 2. The van der Waals surface area contributed by atoms with Gasteiger partial charge in [0.1, 0.15) is 11.4 Å². The molecule has 0 aliphatic rings. The van der Waals surface area contributed by atoms with E-state index in [2.05, 4.69) is 10.6 Å². The molecule has 0 saturated carbocycles. The van der Waals surface area contributed by atoms with Crippen molar-refractivity contribution in [2.75, 3.05) is 12.0 Å². The lowest BCUT2D eigenvalue weighted by Crippen LogP contribution is -1.98. The molecule has 0 saturated heterocycles. The summed E-state index contributed by atoms with van der Waals surface area (Å²) in [4.78, 5) is 0.538. The lowest BCUT2D eigenvalue weighted by Gasteiger charge is -2.05. The monoisotopic (exact) mass is 257 g/mol. The first-order valence-corrected chi connectivity index (χ1v) is 6.01. The number of para-hydroxylation sites is 1. The van der Waals surface area contributed by atoms with E-state index in [1.165, 1.54) is 0 Å². The molecule has 0 unspecified atom stereocenters. The highest BCUT2D eigenvalue weighted by Gasteiger charge is 1.99. The number of rotatable bonds is 5. The van der Waals surface area contributed by atoms with Crippen LogP contribution in [0.1, 0.15) is 6.92 Å². The van der Waals surface area contributed by atoms with Gasteiger partial charge in [0.05, 0.1) is 11.8 Å². The molecular formula is C14H15N3O2. The van der Waals surface area contributed by atoms with Crippen molar-refractivity contribution in [1.82, 2.24) is 0 Å². The first kappa shape index (κ1) is 12.9. The highest BCUT2D eigenvalue weighted by atomic mass is 16.5. The molecule has 0 heterocycles. The Morgan fingerprint density at radius 3 is 2.42 bits per heavy atom. The molecule has 5 heteroatoms. The molecule has 5 nitrogen and oxygen atoms in total. The van der Waals surface area contributed by atoms with E-state index < -0.39 is 0 Å². The van der Waals surface area contributed by atoms with Crippen molar-refractivity contribution in [3.63, 3.8) is 0 Å². The summed E-state index contributed by atoms with van der Waals surface area (Å²) >= 11 is 0. The van der Waals surface area contributed by atoms with E-state index in [9.17, 15) is 5.21 Å². The van der Waals surface area contributed by atoms with Gasteiger partial charge in [-0.3, -0.25) is 0 Å². The number of benzene rings is 2. The average molecular weight is 257 g/mol. The van der Waals surface area contributed by atoms with E-state index in [0.29, 0.717) is 17.2 Å². The van der Waals surface area contributed by atoms with Gasteiger partial charge in [0.2, 0.25) is 0 Å². The van der Waals surface area contributed by atoms with Gasteiger partial charge in [-0.2, -0.15) is 0 Å². The molecular weight excluding hydrogens is 242 g/mol. The van der Waals surface area contributed by atoms with Crippen LogP contribution < -0.4 is 10.2 Å². The Hall–Kier alpha value is -2.56. The zero-order valence-electron chi connectivity index (χ0n) is 10.6. The average Bonchev–Trinajstić information content (AvgIpc) is 2.47. The van der Waals surface area contributed by atoms with Crippen LogP contribution in [0, 0.1) is 5.21 Å². The maximum absolute atomic E-state index is 11.7. The van der Waals surface area contributed by atoms with Gasteiger partial charge in [-0.15, -0.1) is 10.3 Å². The Bertz CT molecular complexity index is 538. The second-order valence-corrected chi connectivity index (χ2v) is 3.78. The number of nitrogens with one attached hydrogen (secondary N) is 1. The first-order chi connectivity index (χ1) is 9.29. The van der Waals surface area contributed by atoms with Gasteiger partial charge in [0.25, 0.3) is 0 Å². The lowest BCUT2D eigenvalue weighted by atomic mass is 10.3. The Kier molecular flexibility index (Phi) is 4.34. The van der Waals surface area contributed by atoms with Crippen LogP contribution in [0.4, 0.5) is 11.4 Å². The van der Waals surface area contributed by atoms with E-state index in [0.717, 1.165) is 11.4 Å². The second-order valence-electron chi connectivity index (χ2n) is 3.78. The smallest absolute Gasteiger partial charge is 0.154 e. The van der Waals surface area contributed by atoms with Gasteiger partial charge in [-0.05, 0) is 43.3 Å². The molecule has 2 aromatic carbocycles. The normalized spacial score (nSPS) is 11.1. The minimum absolute atomic E-state index is 0.473. The minimum atomic E-state index is 0.473. The Labute approximate surface area is 111 Å². The van der Waals surface area contributed by atoms with Crippen LogP contribution in [0.2, 0.25) is 0 Å². The summed E-state index contributed by atoms with van der Waals surface area (Å²) in [5.74, 6) is 0.787. The number of ether oxygens (including phenoxy) is 1. The van der Waals surface area contributed by atoms with Crippen LogP contribution in [0.15, 0.2) is 59.8 Å². The van der Waals surface area contributed by atoms with Crippen LogP contribution in [-0.4, -0.2) is 11.5 Å². The van der Waals surface area contributed by atoms with Crippen molar-refractivity contribution in [2.45, 2.75) is 6.92 Å². The first-order valence-electron chi connectivity index (χ1n) is 6.01. The van der Waals surface area contributed by atoms with Gasteiger partial charge >= 0.3 is 0 Å². The van der Waals surface area contributed by atoms with Crippen LogP contribution in [0.3, 0.4) is 0 Å². The third-order valence-corrected chi connectivity index (χ3v) is 2.41. The van der Waals surface area contributed by atoms with E-state index in [1.807, 2.05) is 25.1 Å². The maximum atomic E-state index is 11.7. The molecule has 2 aromatic rings. The van der Waals surface area contributed by atoms with Gasteiger partial charge in [-0.25, -0.2) is 0 Å². The molecule has 0 radical (unpaired) electrons. The van der Waals surface area contributed by atoms with E-state index >= 15 is 0 Å². The van der Waals surface area contributed by atoms with Crippen LogP contribution in [-0.2, 0) is 0 Å². The molecule has 0 bridgehead atoms. The SMILES string of the molecule is CCOc1ccc(NN=[N+]([O-])c2ccccc2)cc1. The van der Waals surface area contributed by atoms with Crippen molar-refractivity contribution >= 4 is 11.4 Å². The molecule has 2 rings (SSSR count). The number of hydrogen-bond donors (Lipinski definition) is 1. The van der Waals surface area contributed by atoms with Gasteiger partial charge in [-0.1, -0.05) is 18.2 Å². The van der Waals surface area contributed by atoms with Gasteiger partial charge in [0.15, 0.2) is 5.69 Å². The second kappa shape index (κ2) is 6.39. The summed E-state index contributed by atoms with van der Waals surface area (Å²) in [6, 6.07) is 16.0. The molecule has 0 aliphatic heterocycles. The topological polar surface area (TPSA) is 59.7 Å². The Morgan fingerprint density at radius 2 is 1.79 bits per heavy atom. The summed E-state index contributed by atoms with van der Waals surface area (Å²) in [7, 11) is 0. The highest BCUT2D eigenvalue weighted by molar-refractivity contribution is 5.45. The fourth-order valence-electron chi connectivity index (χ4n) is 1.51. The van der Waals surface area contributed by atoms with Crippen LogP contribution in [0.25, 0.3) is 0 Å². The minimum Gasteiger partial charge on any atom is -0.691 e. The molecule has 19 heavy (non-hydrogen) atoms. The molecule has 98 valence electrons. The summed E-state index contributed by atoms with van der Waals surface area (Å²) < 4.78 is 5.33. The van der Waals surface area contributed by atoms with E-state index in [-0.39, 0.29) is 0 Å². The number of hydrogen-bond acceptors (Lipinski definition) is 3. The fraction of sp³-hybridized carbons (Fsp3) is 0.143. The molecule has 0 aromatic heterocycles. The third-order valence-electron chi connectivity index (χ3n) is 2.41. The zero-order valence-corrected chi connectivity index (χ0v) is 10.6. The molecule has 0 fully saturated rings. The number of anilines is 1. The van der Waals surface area contributed by atoms with E-state index in [1.54, 1.807) is 36.4 Å². The Balaban J connectivity index is 2.01. The Morgan fingerprint density at radius 1 is 1.11 bits per heavy atom. The highest BCUT2D eigenvalue weighted by Crippen LogP contribution is 2.16. The van der Waals surface area contributed by atoms with Crippen molar-refractivity contribution in [3.05, 3.63) is 59.8 Å². The van der Waals surface area contributed by atoms with Crippen molar-refractivity contribution in [1.29, 1.82) is 0 Å². The molecule has 0 spiro atoms. The van der Waals surface area contributed by atoms with Crippen LogP contribution in [0.5, 0.6) is 5.75 Å². The molecule has 0 amide bonds.